The minimum Gasteiger partial charge on any atom is -0.454 e. The molecule has 104 valence electrons. The maximum atomic E-state index is 5.44. The van der Waals surface area contributed by atoms with Gasteiger partial charge in [-0.2, -0.15) is 5.10 Å². The molecule has 1 aliphatic heterocycles. The van der Waals surface area contributed by atoms with Crippen molar-refractivity contribution in [2.75, 3.05) is 6.79 Å². The van der Waals surface area contributed by atoms with Crippen LogP contribution in [0.25, 0.3) is 11.4 Å². The van der Waals surface area contributed by atoms with Crippen molar-refractivity contribution >= 4 is 0 Å². The standard InChI is InChI=1S/C15H17N3O2/c1-2-4-12(5-3-1)18-15(16-9-17-18)11-6-7-13-14(8-11)20-10-19-13/h6-9,12H,1-5,10H2. The van der Waals surface area contributed by atoms with E-state index in [4.69, 9.17) is 9.47 Å². The molecule has 0 bridgehead atoms. The fourth-order valence-corrected chi connectivity index (χ4v) is 3.09. The van der Waals surface area contributed by atoms with Crippen LogP contribution in [-0.4, -0.2) is 21.6 Å². The summed E-state index contributed by atoms with van der Waals surface area (Å²) in [5.74, 6) is 2.52. The van der Waals surface area contributed by atoms with Gasteiger partial charge in [0.05, 0.1) is 6.04 Å². The lowest BCUT2D eigenvalue weighted by Crippen LogP contribution is -2.15. The van der Waals surface area contributed by atoms with Crippen molar-refractivity contribution in [1.82, 2.24) is 14.8 Å². The summed E-state index contributed by atoms with van der Waals surface area (Å²) in [7, 11) is 0. The molecule has 1 fully saturated rings. The maximum Gasteiger partial charge on any atom is 0.231 e. The third kappa shape index (κ3) is 1.94. The fourth-order valence-electron chi connectivity index (χ4n) is 3.09. The molecule has 1 aromatic carbocycles. The number of fused-ring (bicyclic) bond motifs is 1. The number of ether oxygens (including phenoxy) is 2. The third-order valence-electron chi connectivity index (χ3n) is 4.12. The lowest BCUT2D eigenvalue weighted by atomic mass is 9.95. The van der Waals surface area contributed by atoms with Crippen LogP contribution < -0.4 is 9.47 Å². The second-order valence-corrected chi connectivity index (χ2v) is 5.39. The van der Waals surface area contributed by atoms with E-state index >= 15 is 0 Å². The SMILES string of the molecule is c1nc(-c2ccc3c(c2)OCO3)n(C2CCCCC2)n1. The van der Waals surface area contributed by atoms with E-state index in [-0.39, 0.29) is 0 Å². The van der Waals surface area contributed by atoms with E-state index in [1.807, 2.05) is 18.2 Å². The van der Waals surface area contributed by atoms with Gasteiger partial charge in [0.25, 0.3) is 0 Å². The molecule has 0 spiro atoms. The molecule has 0 saturated heterocycles. The highest BCUT2D eigenvalue weighted by atomic mass is 16.7. The van der Waals surface area contributed by atoms with Gasteiger partial charge in [-0.25, -0.2) is 9.67 Å². The molecule has 2 heterocycles. The van der Waals surface area contributed by atoms with Gasteiger partial charge in [0, 0.05) is 5.56 Å². The topological polar surface area (TPSA) is 49.2 Å². The predicted octanol–water partition coefficient (Wildman–Crippen LogP) is 3.18. The zero-order valence-electron chi connectivity index (χ0n) is 11.3. The molecular weight excluding hydrogens is 254 g/mol. The Balaban J connectivity index is 1.70. The first-order chi connectivity index (χ1) is 9.92. The van der Waals surface area contributed by atoms with Crippen LogP contribution in [0.4, 0.5) is 0 Å². The van der Waals surface area contributed by atoms with E-state index < -0.39 is 0 Å². The molecule has 2 aliphatic rings. The Hall–Kier alpha value is -2.04. The summed E-state index contributed by atoms with van der Waals surface area (Å²) < 4.78 is 12.9. The molecule has 1 aliphatic carbocycles. The number of rotatable bonds is 2. The molecule has 0 atom stereocenters. The van der Waals surface area contributed by atoms with Gasteiger partial charge in [0.15, 0.2) is 17.3 Å². The summed E-state index contributed by atoms with van der Waals surface area (Å²) in [6, 6.07) is 6.44. The highest BCUT2D eigenvalue weighted by Crippen LogP contribution is 2.37. The molecule has 20 heavy (non-hydrogen) atoms. The van der Waals surface area contributed by atoms with Crippen molar-refractivity contribution in [2.24, 2.45) is 0 Å². The average molecular weight is 271 g/mol. The number of hydrogen-bond donors (Lipinski definition) is 0. The average Bonchev–Trinajstić information content (AvgIpc) is 3.16. The molecule has 0 unspecified atom stereocenters. The smallest absolute Gasteiger partial charge is 0.231 e. The quantitative estimate of drug-likeness (QED) is 0.841. The summed E-state index contributed by atoms with van der Waals surface area (Å²) in [4.78, 5) is 4.44. The third-order valence-corrected chi connectivity index (χ3v) is 4.12. The van der Waals surface area contributed by atoms with E-state index in [9.17, 15) is 0 Å². The lowest BCUT2D eigenvalue weighted by molar-refractivity contribution is 0.174. The van der Waals surface area contributed by atoms with Crippen molar-refractivity contribution in [3.8, 4) is 22.9 Å². The van der Waals surface area contributed by atoms with Crippen LogP contribution in [0.3, 0.4) is 0 Å². The minimum absolute atomic E-state index is 0.300. The van der Waals surface area contributed by atoms with Gasteiger partial charge in [0.1, 0.15) is 6.33 Å². The summed E-state index contributed by atoms with van der Waals surface area (Å²) in [5.41, 5.74) is 1.04. The van der Waals surface area contributed by atoms with Gasteiger partial charge in [-0.1, -0.05) is 19.3 Å². The zero-order chi connectivity index (χ0) is 13.4. The van der Waals surface area contributed by atoms with E-state index in [0.29, 0.717) is 12.8 Å². The Labute approximate surface area is 117 Å². The van der Waals surface area contributed by atoms with Crippen molar-refractivity contribution < 1.29 is 9.47 Å². The molecule has 1 aromatic heterocycles. The summed E-state index contributed by atoms with van der Waals surface area (Å²) in [5, 5.41) is 4.44. The van der Waals surface area contributed by atoms with E-state index in [2.05, 4.69) is 14.8 Å². The molecule has 5 heteroatoms. The van der Waals surface area contributed by atoms with Crippen LogP contribution in [0, 0.1) is 0 Å². The Kier molecular flexibility index (Phi) is 2.83. The highest BCUT2D eigenvalue weighted by Gasteiger charge is 2.21. The van der Waals surface area contributed by atoms with Gasteiger partial charge in [0.2, 0.25) is 6.79 Å². The predicted molar refractivity (Wildman–Crippen MR) is 73.7 cm³/mol. The van der Waals surface area contributed by atoms with Crippen molar-refractivity contribution in [3.05, 3.63) is 24.5 Å². The maximum absolute atomic E-state index is 5.44. The number of hydrogen-bond acceptors (Lipinski definition) is 4. The van der Waals surface area contributed by atoms with Crippen molar-refractivity contribution in [1.29, 1.82) is 0 Å². The van der Waals surface area contributed by atoms with Crippen LogP contribution in [0.2, 0.25) is 0 Å². The lowest BCUT2D eigenvalue weighted by Gasteiger charge is -2.23. The molecule has 0 amide bonds. The second-order valence-electron chi connectivity index (χ2n) is 5.39. The first-order valence-corrected chi connectivity index (χ1v) is 7.21. The Bertz CT molecular complexity index is 617. The fraction of sp³-hybridized carbons (Fsp3) is 0.467. The van der Waals surface area contributed by atoms with Crippen LogP contribution in [0.5, 0.6) is 11.5 Å². The summed E-state index contributed by atoms with van der Waals surface area (Å²) in [6.07, 6.45) is 7.94. The molecule has 1 saturated carbocycles. The van der Waals surface area contributed by atoms with Crippen LogP contribution in [0.15, 0.2) is 24.5 Å². The molecule has 5 nitrogen and oxygen atoms in total. The van der Waals surface area contributed by atoms with E-state index in [0.717, 1.165) is 22.9 Å². The van der Waals surface area contributed by atoms with Crippen molar-refractivity contribution in [3.63, 3.8) is 0 Å². The van der Waals surface area contributed by atoms with E-state index in [1.165, 1.54) is 32.1 Å². The van der Waals surface area contributed by atoms with Gasteiger partial charge < -0.3 is 9.47 Å². The van der Waals surface area contributed by atoms with Crippen LogP contribution in [0.1, 0.15) is 38.1 Å². The molecule has 0 radical (unpaired) electrons. The van der Waals surface area contributed by atoms with E-state index in [1.54, 1.807) is 6.33 Å². The van der Waals surface area contributed by atoms with Gasteiger partial charge in [-0.15, -0.1) is 0 Å². The molecule has 0 N–H and O–H groups in total. The van der Waals surface area contributed by atoms with Crippen molar-refractivity contribution in [2.45, 2.75) is 38.1 Å². The number of benzene rings is 1. The van der Waals surface area contributed by atoms with Gasteiger partial charge >= 0.3 is 0 Å². The normalized spacial score (nSPS) is 18.4. The number of nitrogens with zero attached hydrogens (tertiary/aromatic N) is 3. The Morgan fingerprint density at radius 1 is 1.05 bits per heavy atom. The van der Waals surface area contributed by atoms with Crippen LogP contribution >= 0.6 is 0 Å². The highest BCUT2D eigenvalue weighted by molar-refractivity contribution is 5.61. The second kappa shape index (κ2) is 4.81. The molecule has 2 aromatic rings. The van der Waals surface area contributed by atoms with Gasteiger partial charge in [-0.3, -0.25) is 0 Å². The summed E-state index contributed by atoms with van der Waals surface area (Å²) in [6.45, 7) is 0.300. The molecule has 4 rings (SSSR count). The minimum atomic E-state index is 0.300. The first-order valence-electron chi connectivity index (χ1n) is 7.21. The zero-order valence-corrected chi connectivity index (χ0v) is 11.3. The Morgan fingerprint density at radius 3 is 2.80 bits per heavy atom. The monoisotopic (exact) mass is 271 g/mol. The molecular formula is C15H17N3O2. The van der Waals surface area contributed by atoms with Gasteiger partial charge in [-0.05, 0) is 31.0 Å². The summed E-state index contributed by atoms with van der Waals surface area (Å²) >= 11 is 0. The number of aromatic nitrogens is 3. The Morgan fingerprint density at radius 2 is 1.90 bits per heavy atom. The van der Waals surface area contributed by atoms with Crippen LogP contribution in [-0.2, 0) is 0 Å². The largest absolute Gasteiger partial charge is 0.454 e. The first kappa shape index (κ1) is 11.8.